The lowest BCUT2D eigenvalue weighted by molar-refractivity contribution is 0.140. The van der Waals surface area contributed by atoms with E-state index in [4.69, 9.17) is 21.1 Å². The average molecular weight is 430 g/mol. The lowest BCUT2D eigenvalue weighted by Crippen LogP contribution is -2.18. The molecule has 1 saturated heterocycles. The van der Waals surface area contributed by atoms with E-state index in [1.165, 1.54) is 12.4 Å². The van der Waals surface area contributed by atoms with Crippen LogP contribution in [-0.4, -0.2) is 29.3 Å². The largest absolute Gasteiger partial charge is 0.488 e. The molecule has 30 heavy (non-hydrogen) atoms. The number of nitrogens with zero attached hydrogens (tertiary/aromatic N) is 2. The van der Waals surface area contributed by atoms with E-state index in [0.29, 0.717) is 18.1 Å². The molecule has 0 amide bonds. The van der Waals surface area contributed by atoms with Gasteiger partial charge in [0.05, 0.1) is 23.8 Å². The molecule has 0 bridgehead atoms. The van der Waals surface area contributed by atoms with Crippen molar-refractivity contribution in [2.24, 2.45) is 5.41 Å². The highest BCUT2D eigenvalue weighted by molar-refractivity contribution is 6.31. The van der Waals surface area contributed by atoms with Gasteiger partial charge in [0.1, 0.15) is 29.8 Å². The fraction of sp³-hybridized carbons (Fsp3) is 0.391. The van der Waals surface area contributed by atoms with Gasteiger partial charge in [-0.2, -0.15) is 0 Å². The Kier molecular flexibility index (Phi) is 5.80. The standard InChI is InChI=1S/C23H25ClFN3O2/c1-23(2,3)11-14-8-17-20(10-21(14)30-16-6-7-29-12-16)26-13-27-22(17)28-15-4-5-19(25)18(24)9-15/h4-5,8-10,13,16H,6-7,11-12H2,1-3H3,(H,26,27,28). The zero-order valence-electron chi connectivity index (χ0n) is 17.3. The third-order valence-corrected chi connectivity index (χ3v) is 5.19. The number of aromatic nitrogens is 2. The molecule has 2 aromatic carbocycles. The van der Waals surface area contributed by atoms with Gasteiger partial charge in [0.15, 0.2) is 0 Å². The Morgan fingerprint density at radius 2 is 2.07 bits per heavy atom. The zero-order valence-corrected chi connectivity index (χ0v) is 18.1. The predicted octanol–water partition coefficient (Wildman–Crippen LogP) is 5.92. The van der Waals surface area contributed by atoms with Crippen molar-refractivity contribution in [2.45, 2.75) is 39.7 Å². The fourth-order valence-electron chi connectivity index (χ4n) is 3.54. The van der Waals surface area contributed by atoms with Gasteiger partial charge >= 0.3 is 0 Å². The topological polar surface area (TPSA) is 56.3 Å². The maximum absolute atomic E-state index is 13.5. The molecule has 2 heterocycles. The summed E-state index contributed by atoms with van der Waals surface area (Å²) in [5.41, 5.74) is 2.59. The van der Waals surface area contributed by atoms with Crippen LogP contribution in [0.5, 0.6) is 5.75 Å². The number of hydrogen-bond acceptors (Lipinski definition) is 5. The first kappa shape index (κ1) is 20.8. The van der Waals surface area contributed by atoms with E-state index in [1.54, 1.807) is 12.1 Å². The molecular formula is C23H25ClFN3O2. The summed E-state index contributed by atoms with van der Waals surface area (Å²) in [6.45, 7) is 7.92. The number of benzene rings is 2. The first-order valence-electron chi connectivity index (χ1n) is 10.0. The molecule has 3 aromatic rings. The maximum Gasteiger partial charge on any atom is 0.141 e. The van der Waals surface area contributed by atoms with Crippen molar-refractivity contribution in [3.05, 3.63) is 53.1 Å². The number of halogens is 2. The number of nitrogens with one attached hydrogen (secondary N) is 1. The second-order valence-electron chi connectivity index (χ2n) is 8.79. The van der Waals surface area contributed by atoms with Gasteiger partial charge in [-0.25, -0.2) is 14.4 Å². The predicted molar refractivity (Wildman–Crippen MR) is 117 cm³/mol. The average Bonchev–Trinajstić information content (AvgIpc) is 3.18. The van der Waals surface area contributed by atoms with Crippen LogP contribution >= 0.6 is 11.6 Å². The molecule has 1 fully saturated rings. The first-order chi connectivity index (χ1) is 14.3. The van der Waals surface area contributed by atoms with Crippen molar-refractivity contribution in [2.75, 3.05) is 18.5 Å². The number of fused-ring (bicyclic) bond motifs is 1. The highest BCUT2D eigenvalue weighted by atomic mass is 35.5. The second kappa shape index (κ2) is 8.36. The second-order valence-corrected chi connectivity index (χ2v) is 9.20. The summed E-state index contributed by atoms with van der Waals surface area (Å²) in [4.78, 5) is 8.84. The molecule has 1 aliphatic rings. The van der Waals surface area contributed by atoms with Crippen LogP contribution in [-0.2, 0) is 11.2 Å². The van der Waals surface area contributed by atoms with Crippen LogP contribution in [0, 0.1) is 11.2 Å². The van der Waals surface area contributed by atoms with Crippen molar-refractivity contribution < 1.29 is 13.9 Å². The van der Waals surface area contributed by atoms with Crippen LogP contribution < -0.4 is 10.1 Å². The third-order valence-electron chi connectivity index (χ3n) is 4.90. The van der Waals surface area contributed by atoms with E-state index in [9.17, 15) is 4.39 Å². The molecule has 158 valence electrons. The number of rotatable bonds is 5. The first-order valence-corrected chi connectivity index (χ1v) is 10.4. The summed E-state index contributed by atoms with van der Waals surface area (Å²) in [6, 6.07) is 8.55. The molecule has 0 radical (unpaired) electrons. The molecule has 4 rings (SSSR count). The smallest absolute Gasteiger partial charge is 0.141 e. The van der Waals surface area contributed by atoms with Crippen LogP contribution in [0.1, 0.15) is 32.8 Å². The van der Waals surface area contributed by atoms with Crippen molar-refractivity contribution in [3.8, 4) is 5.75 Å². The lowest BCUT2D eigenvalue weighted by Gasteiger charge is -2.23. The van der Waals surface area contributed by atoms with Crippen LogP contribution in [0.2, 0.25) is 5.02 Å². The summed E-state index contributed by atoms with van der Waals surface area (Å²) in [5, 5.41) is 4.16. The molecule has 5 nitrogen and oxygen atoms in total. The van der Waals surface area contributed by atoms with Crippen LogP contribution in [0.15, 0.2) is 36.7 Å². The molecule has 7 heteroatoms. The normalized spacial score (nSPS) is 16.8. The molecule has 1 aromatic heterocycles. The molecule has 1 N–H and O–H groups in total. The Labute approximate surface area is 180 Å². The van der Waals surface area contributed by atoms with E-state index in [1.807, 2.05) is 6.07 Å². The molecule has 1 unspecified atom stereocenters. The van der Waals surface area contributed by atoms with E-state index in [2.05, 4.69) is 42.1 Å². The van der Waals surface area contributed by atoms with Gasteiger partial charge in [-0.05, 0) is 41.7 Å². The Hall–Kier alpha value is -2.44. The van der Waals surface area contributed by atoms with Crippen LogP contribution in [0.4, 0.5) is 15.9 Å². The van der Waals surface area contributed by atoms with Crippen LogP contribution in [0.25, 0.3) is 10.9 Å². The summed E-state index contributed by atoms with van der Waals surface area (Å²) in [6.07, 6.45) is 3.28. The summed E-state index contributed by atoms with van der Waals surface area (Å²) in [5.74, 6) is 1.01. The number of ether oxygens (including phenoxy) is 2. The number of hydrogen-bond donors (Lipinski definition) is 1. The van der Waals surface area contributed by atoms with Gasteiger partial charge in [0.2, 0.25) is 0 Å². The minimum absolute atomic E-state index is 0.0567. The van der Waals surface area contributed by atoms with Crippen LogP contribution in [0.3, 0.4) is 0 Å². The van der Waals surface area contributed by atoms with Crippen molar-refractivity contribution in [1.29, 1.82) is 0 Å². The van der Waals surface area contributed by atoms with Gasteiger partial charge in [0.25, 0.3) is 0 Å². The molecular weight excluding hydrogens is 405 g/mol. The molecule has 0 spiro atoms. The minimum atomic E-state index is -0.458. The summed E-state index contributed by atoms with van der Waals surface area (Å²) < 4.78 is 25.2. The molecule has 0 aliphatic carbocycles. The Morgan fingerprint density at radius 3 is 2.77 bits per heavy atom. The van der Waals surface area contributed by atoms with Crippen molar-refractivity contribution >= 4 is 34.0 Å². The maximum atomic E-state index is 13.5. The van der Waals surface area contributed by atoms with Gasteiger partial charge in [-0.1, -0.05) is 32.4 Å². The fourth-order valence-corrected chi connectivity index (χ4v) is 3.72. The van der Waals surface area contributed by atoms with Crippen molar-refractivity contribution in [3.63, 3.8) is 0 Å². The van der Waals surface area contributed by atoms with E-state index < -0.39 is 5.82 Å². The number of anilines is 2. The summed E-state index contributed by atoms with van der Waals surface area (Å²) in [7, 11) is 0. The van der Waals surface area contributed by atoms with E-state index in [-0.39, 0.29) is 16.5 Å². The van der Waals surface area contributed by atoms with Gasteiger partial charge in [-0.15, -0.1) is 0 Å². The third kappa shape index (κ3) is 4.82. The monoisotopic (exact) mass is 429 g/mol. The van der Waals surface area contributed by atoms with E-state index in [0.717, 1.165) is 41.7 Å². The van der Waals surface area contributed by atoms with Crippen molar-refractivity contribution in [1.82, 2.24) is 9.97 Å². The quantitative estimate of drug-likeness (QED) is 0.545. The highest BCUT2D eigenvalue weighted by Crippen LogP contribution is 2.35. The molecule has 1 aliphatic heterocycles. The Balaban J connectivity index is 1.74. The Bertz CT molecular complexity index is 1060. The lowest BCUT2D eigenvalue weighted by atomic mass is 9.87. The van der Waals surface area contributed by atoms with Gasteiger partial charge < -0.3 is 14.8 Å². The summed E-state index contributed by atoms with van der Waals surface area (Å²) >= 11 is 5.92. The Morgan fingerprint density at radius 1 is 1.23 bits per heavy atom. The van der Waals surface area contributed by atoms with Gasteiger partial charge in [-0.3, -0.25) is 0 Å². The molecule has 0 saturated carbocycles. The molecule has 1 atom stereocenters. The minimum Gasteiger partial charge on any atom is -0.488 e. The zero-order chi connectivity index (χ0) is 21.3. The SMILES string of the molecule is CC(C)(C)Cc1cc2c(Nc3ccc(F)c(Cl)c3)ncnc2cc1OC1CCOC1. The highest BCUT2D eigenvalue weighted by Gasteiger charge is 2.22. The van der Waals surface area contributed by atoms with E-state index >= 15 is 0 Å². The van der Waals surface area contributed by atoms with Gasteiger partial charge in [0, 0.05) is 23.6 Å².